The first kappa shape index (κ1) is 15.2. The van der Waals surface area contributed by atoms with E-state index in [2.05, 4.69) is 5.32 Å². The van der Waals surface area contributed by atoms with E-state index in [4.69, 9.17) is 10.5 Å². The second-order valence-electron chi connectivity index (χ2n) is 4.80. The SMILES string of the molecule is COc1ccc(Nc2cccc(S(C)(=O)=O)c2N)cc1C. The molecule has 2 aromatic rings. The molecule has 0 radical (unpaired) electrons. The lowest BCUT2D eigenvalue weighted by atomic mass is 10.2. The fraction of sp³-hybridized carbons (Fsp3) is 0.200. The Bertz CT molecular complexity index is 770. The summed E-state index contributed by atoms with van der Waals surface area (Å²) < 4.78 is 28.5. The van der Waals surface area contributed by atoms with Gasteiger partial charge in [0.2, 0.25) is 0 Å². The molecule has 21 heavy (non-hydrogen) atoms. The molecule has 0 aromatic heterocycles. The fourth-order valence-electron chi connectivity index (χ4n) is 2.09. The van der Waals surface area contributed by atoms with Gasteiger partial charge in [-0.05, 0) is 42.8 Å². The summed E-state index contributed by atoms with van der Waals surface area (Å²) in [5.41, 5.74) is 8.50. The van der Waals surface area contributed by atoms with E-state index < -0.39 is 9.84 Å². The van der Waals surface area contributed by atoms with Crippen molar-refractivity contribution < 1.29 is 13.2 Å². The predicted molar refractivity (Wildman–Crippen MR) is 85.0 cm³/mol. The van der Waals surface area contributed by atoms with Crippen LogP contribution in [0.1, 0.15) is 5.56 Å². The zero-order chi connectivity index (χ0) is 15.6. The van der Waals surface area contributed by atoms with Gasteiger partial charge in [0, 0.05) is 11.9 Å². The van der Waals surface area contributed by atoms with Gasteiger partial charge < -0.3 is 15.8 Å². The number of benzene rings is 2. The minimum atomic E-state index is -3.35. The number of anilines is 3. The Morgan fingerprint density at radius 3 is 2.48 bits per heavy atom. The number of hydrogen-bond donors (Lipinski definition) is 2. The highest BCUT2D eigenvalue weighted by Crippen LogP contribution is 2.30. The molecular formula is C15H18N2O3S. The quantitative estimate of drug-likeness (QED) is 0.849. The lowest BCUT2D eigenvalue weighted by Gasteiger charge is -2.13. The molecule has 2 rings (SSSR count). The Labute approximate surface area is 124 Å². The number of nitrogens with one attached hydrogen (secondary N) is 1. The molecule has 5 nitrogen and oxygen atoms in total. The van der Waals surface area contributed by atoms with Gasteiger partial charge in [-0.2, -0.15) is 0 Å². The van der Waals surface area contributed by atoms with Crippen LogP contribution in [0.2, 0.25) is 0 Å². The first-order chi connectivity index (χ1) is 9.82. The van der Waals surface area contributed by atoms with Crippen molar-refractivity contribution in [3.8, 4) is 5.75 Å². The molecule has 0 aliphatic carbocycles. The molecule has 0 amide bonds. The number of nitrogens with two attached hydrogens (primary N) is 1. The van der Waals surface area contributed by atoms with Crippen molar-refractivity contribution in [1.29, 1.82) is 0 Å². The van der Waals surface area contributed by atoms with Gasteiger partial charge in [-0.25, -0.2) is 8.42 Å². The van der Waals surface area contributed by atoms with Crippen molar-refractivity contribution in [2.24, 2.45) is 0 Å². The molecule has 0 aliphatic rings. The summed E-state index contributed by atoms with van der Waals surface area (Å²) in [7, 11) is -1.74. The average molecular weight is 306 g/mol. The maximum Gasteiger partial charge on any atom is 0.177 e. The van der Waals surface area contributed by atoms with Crippen molar-refractivity contribution in [3.63, 3.8) is 0 Å². The number of rotatable bonds is 4. The van der Waals surface area contributed by atoms with Crippen LogP contribution in [0, 0.1) is 6.92 Å². The van der Waals surface area contributed by atoms with E-state index in [0.29, 0.717) is 5.69 Å². The zero-order valence-corrected chi connectivity index (χ0v) is 13.0. The van der Waals surface area contributed by atoms with Crippen LogP contribution in [0.3, 0.4) is 0 Å². The maximum absolute atomic E-state index is 11.7. The Hall–Kier alpha value is -2.21. The molecule has 112 valence electrons. The van der Waals surface area contributed by atoms with Gasteiger partial charge >= 0.3 is 0 Å². The Morgan fingerprint density at radius 1 is 1.19 bits per heavy atom. The summed E-state index contributed by atoms with van der Waals surface area (Å²) in [5.74, 6) is 0.790. The van der Waals surface area contributed by atoms with E-state index in [9.17, 15) is 8.42 Å². The van der Waals surface area contributed by atoms with Crippen molar-refractivity contribution in [1.82, 2.24) is 0 Å². The van der Waals surface area contributed by atoms with Gasteiger partial charge in [-0.15, -0.1) is 0 Å². The molecular weight excluding hydrogens is 288 g/mol. The van der Waals surface area contributed by atoms with Crippen molar-refractivity contribution >= 4 is 26.9 Å². The van der Waals surface area contributed by atoms with Crippen molar-refractivity contribution in [3.05, 3.63) is 42.0 Å². The summed E-state index contributed by atoms with van der Waals surface area (Å²) in [6.07, 6.45) is 1.14. The van der Waals surface area contributed by atoms with E-state index in [1.807, 2.05) is 25.1 Å². The molecule has 6 heteroatoms. The Morgan fingerprint density at radius 2 is 1.90 bits per heavy atom. The second kappa shape index (κ2) is 5.65. The molecule has 0 saturated heterocycles. The third kappa shape index (κ3) is 3.28. The van der Waals surface area contributed by atoms with Gasteiger partial charge in [0.25, 0.3) is 0 Å². The molecule has 3 N–H and O–H groups in total. The lowest BCUT2D eigenvalue weighted by molar-refractivity contribution is 0.412. The third-order valence-corrected chi connectivity index (χ3v) is 4.29. The highest BCUT2D eigenvalue weighted by Gasteiger charge is 2.14. The van der Waals surface area contributed by atoms with E-state index in [1.54, 1.807) is 19.2 Å². The van der Waals surface area contributed by atoms with Gasteiger partial charge in [0.1, 0.15) is 5.75 Å². The Balaban J connectivity index is 2.39. The lowest BCUT2D eigenvalue weighted by Crippen LogP contribution is -2.05. The number of nitrogen functional groups attached to an aromatic ring is 1. The maximum atomic E-state index is 11.7. The topological polar surface area (TPSA) is 81.4 Å². The van der Waals surface area contributed by atoms with Crippen LogP contribution < -0.4 is 15.8 Å². The van der Waals surface area contributed by atoms with Crippen LogP contribution in [0.4, 0.5) is 17.1 Å². The van der Waals surface area contributed by atoms with E-state index in [0.717, 1.165) is 23.3 Å². The molecule has 0 unspecified atom stereocenters. The normalized spacial score (nSPS) is 11.2. The zero-order valence-electron chi connectivity index (χ0n) is 12.2. The van der Waals surface area contributed by atoms with E-state index in [-0.39, 0.29) is 10.6 Å². The highest BCUT2D eigenvalue weighted by molar-refractivity contribution is 7.90. The number of methoxy groups -OCH3 is 1. The van der Waals surface area contributed by atoms with Crippen LogP contribution in [0.5, 0.6) is 5.75 Å². The molecule has 2 aromatic carbocycles. The summed E-state index contributed by atoms with van der Waals surface area (Å²) in [4.78, 5) is 0.123. The van der Waals surface area contributed by atoms with Crippen LogP contribution in [-0.4, -0.2) is 21.8 Å². The van der Waals surface area contributed by atoms with Gasteiger partial charge in [0.15, 0.2) is 9.84 Å². The van der Waals surface area contributed by atoms with Gasteiger partial charge in [-0.1, -0.05) is 6.07 Å². The molecule has 0 saturated carbocycles. The van der Waals surface area contributed by atoms with Crippen LogP contribution in [0.15, 0.2) is 41.3 Å². The first-order valence-electron chi connectivity index (χ1n) is 6.33. The number of para-hydroxylation sites is 1. The smallest absolute Gasteiger partial charge is 0.177 e. The van der Waals surface area contributed by atoms with E-state index in [1.165, 1.54) is 6.07 Å². The van der Waals surface area contributed by atoms with Crippen molar-refractivity contribution in [2.75, 3.05) is 24.4 Å². The second-order valence-corrected chi connectivity index (χ2v) is 6.78. The number of hydrogen-bond acceptors (Lipinski definition) is 5. The first-order valence-corrected chi connectivity index (χ1v) is 8.22. The number of sulfone groups is 1. The van der Waals surface area contributed by atoms with Gasteiger partial charge in [-0.3, -0.25) is 0 Å². The van der Waals surface area contributed by atoms with Gasteiger partial charge in [0.05, 0.1) is 23.4 Å². The summed E-state index contributed by atoms with van der Waals surface area (Å²) in [6, 6.07) is 10.5. The summed E-state index contributed by atoms with van der Waals surface area (Å²) in [5, 5.41) is 3.13. The minimum absolute atomic E-state index is 0.123. The largest absolute Gasteiger partial charge is 0.496 e. The monoisotopic (exact) mass is 306 g/mol. The van der Waals surface area contributed by atoms with Crippen molar-refractivity contribution in [2.45, 2.75) is 11.8 Å². The van der Waals surface area contributed by atoms with Crippen LogP contribution in [0.25, 0.3) is 0 Å². The average Bonchev–Trinajstić information content (AvgIpc) is 2.40. The molecule has 0 atom stereocenters. The molecule has 0 aliphatic heterocycles. The molecule has 0 bridgehead atoms. The fourth-order valence-corrected chi connectivity index (χ4v) is 2.92. The molecule has 0 spiro atoms. The number of aryl methyl sites for hydroxylation is 1. The third-order valence-electron chi connectivity index (χ3n) is 3.14. The van der Waals surface area contributed by atoms with Crippen LogP contribution in [-0.2, 0) is 9.84 Å². The standard InChI is InChI=1S/C15H18N2O3S/c1-10-9-11(7-8-13(10)20-2)17-12-5-4-6-14(15(12)16)21(3,18)19/h4-9,17H,16H2,1-3H3. The number of ether oxygens (including phenoxy) is 1. The predicted octanol–water partition coefficient (Wildman–Crippen LogP) is 2.73. The summed E-state index contributed by atoms with van der Waals surface area (Å²) in [6.45, 7) is 1.93. The Kier molecular flexibility index (Phi) is 4.09. The summed E-state index contributed by atoms with van der Waals surface area (Å²) >= 11 is 0. The molecule has 0 heterocycles. The minimum Gasteiger partial charge on any atom is -0.496 e. The van der Waals surface area contributed by atoms with E-state index >= 15 is 0 Å². The van der Waals surface area contributed by atoms with Crippen LogP contribution >= 0.6 is 0 Å². The molecule has 0 fully saturated rings. The highest BCUT2D eigenvalue weighted by atomic mass is 32.2.